The lowest BCUT2D eigenvalue weighted by molar-refractivity contribution is 0.0329. The number of anilines is 2. The Morgan fingerprint density at radius 3 is 2.62 bits per heavy atom. The van der Waals surface area contributed by atoms with Crippen molar-refractivity contribution in [2.75, 3.05) is 44.6 Å². The van der Waals surface area contributed by atoms with Gasteiger partial charge in [0.1, 0.15) is 5.82 Å². The topological polar surface area (TPSA) is 67.8 Å². The van der Waals surface area contributed by atoms with E-state index in [2.05, 4.69) is 15.5 Å². The Morgan fingerprint density at radius 2 is 1.91 bits per heavy atom. The van der Waals surface area contributed by atoms with E-state index >= 15 is 0 Å². The summed E-state index contributed by atoms with van der Waals surface area (Å²) in [7, 11) is 0. The molecule has 0 saturated carbocycles. The molecule has 0 bridgehead atoms. The van der Waals surface area contributed by atoms with Crippen molar-refractivity contribution in [3.8, 4) is 0 Å². The van der Waals surface area contributed by atoms with Gasteiger partial charge in [0.15, 0.2) is 11.6 Å². The fraction of sp³-hybridized carbons (Fsp3) is 0.409. The maximum absolute atomic E-state index is 14.6. The van der Waals surface area contributed by atoms with Gasteiger partial charge in [-0.2, -0.15) is 0 Å². The Balaban J connectivity index is 1.45. The van der Waals surface area contributed by atoms with Gasteiger partial charge in [0.25, 0.3) is 5.91 Å². The first-order chi connectivity index (χ1) is 15.4. The third kappa shape index (κ3) is 4.87. The van der Waals surface area contributed by atoms with Crippen LogP contribution in [0.2, 0.25) is 0 Å². The van der Waals surface area contributed by atoms with E-state index in [-0.39, 0.29) is 29.6 Å². The lowest BCUT2D eigenvalue weighted by atomic mass is 10.0. The summed E-state index contributed by atoms with van der Waals surface area (Å²) in [5.74, 6) is -3.39. The Morgan fingerprint density at radius 1 is 1.12 bits per heavy atom. The van der Waals surface area contributed by atoms with Crippen LogP contribution in [0.25, 0.3) is 0 Å². The summed E-state index contributed by atoms with van der Waals surface area (Å²) in [6.45, 7) is 3.38. The standard InChI is InChI=1S/C22H24F3IN4O2/c23-17-3-2-16(21(20(17)25)28-19-4-1-13(26)9-18(19)24)22(32)30-11-15(12-30)29-7-5-14(10-29)27-6-8-31/h1-4,9,14-15,27-28,31H,5-8,10-12H2. The molecule has 0 aromatic heterocycles. The van der Waals surface area contributed by atoms with Crippen LogP contribution in [0.1, 0.15) is 16.8 Å². The molecule has 3 N–H and O–H groups in total. The molecule has 4 rings (SSSR count). The molecule has 172 valence electrons. The number of benzene rings is 2. The van der Waals surface area contributed by atoms with E-state index in [0.29, 0.717) is 29.2 Å². The number of rotatable bonds is 7. The fourth-order valence-electron chi connectivity index (χ4n) is 4.15. The first-order valence-electron chi connectivity index (χ1n) is 10.4. The normalized spacial score (nSPS) is 19.3. The third-order valence-corrected chi connectivity index (χ3v) is 6.62. The van der Waals surface area contributed by atoms with Gasteiger partial charge in [-0.3, -0.25) is 9.69 Å². The van der Waals surface area contributed by atoms with Gasteiger partial charge in [-0.25, -0.2) is 13.2 Å². The summed E-state index contributed by atoms with van der Waals surface area (Å²) in [4.78, 5) is 16.9. The average molecular weight is 560 g/mol. The van der Waals surface area contributed by atoms with Crippen molar-refractivity contribution in [1.82, 2.24) is 15.1 Å². The average Bonchev–Trinajstić information content (AvgIpc) is 3.19. The zero-order chi connectivity index (χ0) is 22.8. The zero-order valence-corrected chi connectivity index (χ0v) is 19.4. The van der Waals surface area contributed by atoms with Crippen molar-refractivity contribution < 1.29 is 23.1 Å². The van der Waals surface area contributed by atoms with Gasteiger partial charge in [-0.05, 0) is 59.3 Å². The van der Waals surface area contributed by atoms with Crippen LogP contribution in [0.3, 0.4) is 0 Å². The van der Waals surface area contributed by atoms with Crippen LogP contribution >= 0.6 is 22.6 Å². The number of halogens is 4. The van der Waals surface area contributed by atoms with Gasteiger partial charge in [0, 0.05) is 48.4 Å². The molecule has 32 heavy (non-hydrogen) atoms. The Labute approximate surface area is 197 Å². The molecule has 2 aliphatic rings. The molecule has 0 spiro atoms. The van der Waals surface area contributed by atoms with Gasteiger partial charge in [-0.15, -0.1) is 0 Å². The maximum Gasteiger partial charge on any atom is 0.256 e. The van der Waals surface area contributed by atoms with Crippen LogP contribution in [-0.4, -0.2) is 72.2 Å². The summed E-state index contributed by atoms with van der Waals surface area (Å²) in [5.41, 5.74) is -0.443. The monoisotopic (exact) mass is 560 g/mol. The molecule has 0 radical (unpaired) electrons. The van der Waals surface area contributed by atoms with Crippen LogP contribution in [0.5, 0.6) is 0 Å². The highest BCUT2D eigenvalue weighted by atomic mass is 127. The molecule has 2 heterocycles. The molecule has 1 amide bonds. The SMILES string of the molecule is O=C(c1ccc(F)c(F)c1Nc1ccc(I)cc1F)N1CC(N2CCC(NCCO)C2)C1. The Hall–Kier alpha value is -1.89. The van der Waals surface area contributed by atoms with E-state index < -0.39 is 23.4 Å². The lowest BCUT2D eigenvalue weighted by Gasteiger charge is -2.44. The Bertz CT molecular complexity index is 1000. The summed E-state index contributed by atoms with van der Waals surface area (Å²) in [6, 6.07) is 6.97. The van der Waals surface area contributed by atoms with E-state index in [4.69, 9.17) is 5.11 Å². The number of carbonyl (C=O) groups is 1. The molecule has 2 saturated heterocycles. The molecule has 6 nitrogen and oxygen atoms in total. The summed E-state index contributed by atoms with van der Waals surface area (Å²) in [5, 5.41) is 14.8. The number of aliphatic hydroxyl groups is 1. The van der Waals surface area contributed by atoms with Crippen molar-refractivity contribution in [1.29, 1.82) is 0 Å². The van der Waals surface area contributed by atoms with Gasteiger partial charge in [0.2, 0.25) is 0 Å². The van der Waals surface area contributed by atoms with E-state index in [1.54, 1.807) is 11.0 Å². The highest BCUT2D eigenvalue weighted by Gasteiger charge is 2.39. The highest BCUT2D eigenvalue weighted by molar-refractivity contribution is 14.1. The number of aliphatic hydroxyl groups excluding tert-OH is 1. The molecular formula is C22H24F3IN4O2. The van der Waals surface area contributed by atoms with E-state index in [1.807, 2.05) is 22.6 Å². The predicted octanol–water partition coefficient (Wildman–Crippen LogP) is 2.93. The second-order valence-electron chi connectivity index (χ2n) is 8.06. The fourth-order valence-corrected chi connectivity index (χ4v) is 4.61. The molecule has 10 heteroatoms. The van der Waals surface area contributed by atoms with Crippen LogP contribution in [0.15, 0.2) is 30.3 Å². The maximum atomic E-state index is 14.6. The zero-order valence-electron chi connectivity index (χ0n) is 17.3. The summed E-state index contributed by atoms with van der Waals surface area (Å²) < 4.78 is 43.4. The largest absolute Gasteiger partial charge is 0.395 e. The second-order valence-corrected chi connectivity index (χ2v) is 9.30. The van der Waals surface area contributed by atoms with Crippen LogP contribution in [-0.2, 0) is 0 Å². The number of hydrogen-bond acceptors (Lipinski definition) is 5. The van der Waals surface area contributed by atoms with E-state index in [1.165, 1.54) is 18.2 Å². The highest BCUT2D eigenvalue weighted by Crippen LogP contribution is 2.31. The summed E-state index contributed by atoms with van der Waals surface area (Å²) in [6.07, 6.45) is 0.975. The number of likely N-dealkylation sites (tertiary alicyclic amines) is 2. The minimum absolute atomic E-state index is 0.0378. The molecule has 2 aromatic carbocycles. The number of hydrogen-bond donors (Lipinski definition) is 3. The van der Waals surface area contributed by atoms with Gasteiger partial charge in [-0.1, -0.05) is 0 Å². The van der Waals surface area contributed by atoms with Crippen molar-refractivity contribution >= 4 is 39.9 Å². The number of nitrogens with zero attached hydrogens (tertiary/aromatic N) is 2. The smallest absolute Gasteiger partial charge is 0.256 e. The quantitative estimate of drug-likeness (QED) is 0.455. The summed E-state index contributed by atoms with van der Waals surface area (Å²) >= 11 is 1.95. The van der Waals surface area contributed by atoms with Gasteiger partial charge < -0.3 is 20.6 Å². The number of carbonyl (C=O) groups excluding carboxylic acids is 1. The van der Waals surface area contributed by atoms with Crippen LogP contribution in [0.4, 0.5) is 24.5 Å². The Kier molecular flexibility index (Phi) is 7.23. The first kappa shape index (κ1) is 23.3. The van der Waals surface area contributed by atoms with E-state index in [0.717, 1.165) is 25.6 Å². The van der Waals surface area contributed by atoms with Crippen molar-refractivity contribution in [3.05, 3.63) is 56.9 Å². The first-order valence-corrected chi connectivity index (χ1v) is 11.5. The second kappa shape index (κ2) is 9.94. The predicted molar refractivity (Wildman–Crippen MR) is 124 cm³/mol. The lowest BCUT2D eigenvalue weighted by Crippen LogP contribution is -2.60. The number of amides is 1. The molecule has 2 aliphatic heterocycles. The molecule has 2 aromatic rings. The molecule has 1 atom stereocenters. The third-order valence-electron chi connectivity index (χ3n) is 5.95. The molecule has 0 aliphatic carbocycles. The minimum atomic E-state index is -1.22. The molecular weight excluding hydrogens is 536 g/mol. The van der Waals surface area contributed by atoms with Crippen molar-refractivity contribution in [3.63, 3.8) is 0 Å². The number of nitrogens with one attached hydrogen (secondary N) is 2. The minimum Gasteiger partial charge on any atom is -0.395 e. The van der Waals surface area contributed by atoms with Crippen LogP contribution < -0.4 is 10.6 Å². The van der Waals surface area contributed by atoms with E-state index in [9.17, 15) is 18.0 Å². The molecule has 1 unspecified atom stereocenters. The van der Waals surface area contributed by atoms with Gasteiger partial charge in [0.05, 0.1) is 23.5 Å². The van der Waals surface area contributed by atoms with Gasteiger partial charge >= 0.3 is 0 Å². The van der Waals surface area contributed by atoms with Crippen molar-refractivity contribution in [2.45, 2.75) is 18.5 Å². The van der Waals surface area contributed by atoms with Crippen LogP contribution in [0, 0.1) is 21.0 Å². The van der Waals surface area contributed by atoms with Crippen molar-refractivity contribution in [2.24, 2.45) is 0 Å². The molecule has 2 fully saturated rings.